The minimum absolute atomic E-state index is 0.0221. The molecule has 31 heavy (non-hydrogen) atoms. The van der Waals surface area contributed by atoms with Crippen molar-refractivity contribution >= 4 is 9.84 Å². The molecule has 0 aliphatic rings. The quantitative estimate of drug-likeness (QED) is 0.335. The Morgan fingerprint density at radius 3 is 2.29 bits per heavy atom. The fraction of sp³-hybridized carbons (Fsp3) is 0.105. The number of imidazole rings is 1. The van der Waals surface area contributed by atoms with Gasteiger partial charge in [0.05, 0.1) is 22.7 Å². The van der Waals surface area contributed by atoms with Crippen LogP contribution < -0.4 is 0 Å². The second kappa shape index (κ2) is 7.61. The van der Waals surface area contributed by atoms with Gasteiger partial charge in [0.1, 0.15) is 5.82 Å². The molecule has 2 heterocycles. The van der Waals surface area contributed by atoms with E-state index < -0.39 is 27.7 Å². The van der Waals surface area contributed by atoms with E-state index in [2.05, 4.69) is 19.6 Å². The van der Waals surface area contributed by atoms with Crippen molar-refractivity contribution in [3.05, 3.63) is 78.5 Å². The molecule has 2 aromatic heterocycles. The number of halogens is 4. The first kappa shape index (κ1) is 20.7. The smallest absolute Gasteiger partial charge is 0.329 e. The summed E-state index contributed by atoms with van der Waals surface area (Å²) in [6.45, 7) is 0. The highest BCUT2D eigenvalue weighted by molar-refractivity contribution is 7.90. The Morgan fingerprint density at radius 2 is 1.68 bits per heavy atom. The number of aromatic nitrogens is 4. The monoisotopic (exact) mass is 452 g/mol. The van der Waals surface area contributed by atoms with Gasteiger partial charge in [-0.25, -0.2) is 17.8 Å². The molecule has 160 valence electrons. The van der Waals surface area contributed by atoms with Crippen molar-refractivity contribution in [2.45, 2.75) is 16.8 Å². The van der Waals surface area contributed by atoms with Gasteiger partial charge in [-0.1, -0.05) is 5.16 Å². The first-order valence-corrected chi connectivity index (χ1v) is 10.3. The lowest BCUT2D eigenvalue weighted by atomic mass is 10.2. The van der Waals surface area contributed by atoms with Gasteiger partial charge in [-0.15, -0.1) is 0 Å². The second-order valence-corrected chi connectivity index (χ2v) is 8.44. The Bertz CT molecular complexity index is 1310. The zero-order valence-corrected chi connectivity index (χ0v) is 16.2. The van der Waals surface area contributed by atoms with Crippen LogP contribution in [0.1, 0.15) is 11.6 Å². The zero-order valence-electron chi connectivity index (χ0n) is 15.4. The van der Waals surface area contributed by atoms with Gasteiger partial charge in [0.2, 0.25) is 5.82 Å². The third-order valence-corrected chi connectivity index (χ3v) is 5.91. The van der Waals surface area contributed by atoms with E-state index in [0.717, 1.165) is 12.1 Å². The summed E-state index contributed by atoms with van der Waals surface area (Å²) in [7, 11) is -3.71. The zero-order chi connectivity index (χ0) is 22.2. The molecule has 0 bridgehead atoms. The molecule has 4 aromatic rings. The molecule has 0 saturated heterocycles. The standard InChI is InChI=1S/C19H12F4N4O3S/c20-13-3-7-16(8-4-13)31(28,29)10-14-9-27(11-24-14)15-5-1-12(2-6-15)17-25-18(30-26-17)19(21,22)23/h1-9,11H,10H2. The van der Waals surface area contributed by atoms with Crippen molar-refractivity contribution in [2.75, 3.05) is 0 Å². The summed E-state index contributed by atoms with van der Waals surface area (Å²) in [5, 5.41) is 3.32. The highest BCUT2D eigenvalue weighted by Crippen LogP contribution is 2.29. The molecular formula is C19H12F4N4O3S. The minimum atomic E-state index is -4.73. The predicted molar refractivity (Wildman–Crippen MR) is 99.1 cm³/mol. The van der Waals surface area contributed by atoms with E-state index in [1.165, 1.54) is 36.8 Å². The highest BCUT2D eigenvalue weighted by Gasteiger charge is 2.38. The summed E-state index contributed by atoms with van der Waals surface area (Å²) in [4.78, 5) is 7.38. The first-order valence-electron chi connectivity index (χ1n) is 8.65. The van der Waals surface area contributed by atoms with Gasteiger partial charge in [-0.2, -0.15) is 18.2 Å². The van der Waals surface area contributed by atoms with E-state index in [1.54, 1.807) is 16.7 Å². The molecule has 0 aliphatic carbocycles. The first-order chi connectivity index (χ1) is 14.6. The van der Waals surface area contributed by atoms with Crippen LogP contribution in [0.15, 0.2) is 70.5 Å². The Labute approximate surface area is 172 Å². The SMILES string of the molecule is O=S(=O)(Cc1cn(-c2ccc(-c3noc(C(F)(F)F)n3)cc2)cn1)c1ccc(F)cc1. The molecule has 12 heteroatoms. The van der Waals surface area contributed by atoms with E-state index in [0.29, 0.717) is 11.3 Å². The van der Waals surface area contributed by atoms with Crippen LogP contribution in [0.4, 0.5) is 17.6 Å². The van der Waals surface area contributed by atoms with E-state index in [-0.39, 0.29) is 22.2 Å². The summed E-state index contributed by atoms with van der Waals surface area (Å²) < 4.78 is 81.4. The number of rotatable bonds is 5. The van der Waals surface area contributed by atoms with Gasteiger partial charge >= 0.3 is 12.1 Å². The third kappa shape index (κ3) is 4.48. The van der Waals surface area contributed by atoms with Gasteiger partial charge in [0, 0.05) is 17.4 Å². The number of nitrogens with zero attached hydrogens (tertiary/aromatic N) is 4. The van der Waals surface area contributed by atoms with Crippen LogP contribution in [0.5, 0.6) is 0 Å². The van der Waals surface area contributed by atoms with Crippen LogP contribution in [0.3, 0.4) is 0 Å². The van der Waals surface area contributed by atoms with Crippen LogP contribution in [-0.4, -0.2) is 28.1 Å². The average molecular weight is 452 g/mol. The molecule has 4 rings (SSSR count). The van der Waals surface area contributed by atoms with Crippen molar-refractivity contribution in [1.29, 1.82) is 0 Å². The lowest BCUT2D eigenvalue weighted by Gasteiger charge is -2.03. The maximum atomic E-state index is 13.0. The van der Waals surface area contributed by atoms with E-state index >= 15 is 0 Å². The van der Waals surface area contributed by atoms with Crippen LogP contribution in [0.2, 0.25) is 0 Å². The number of hydrogen-bond acceptors (Lipinski definition) is 6. The molecule has 0 atom stereocenters. The Kier molecular flexibility index (Phi) is 5.09. The second-order valence-electron chi connectivity index (χ2n) is 6.45. The Morgan fingerprint density at radius 1 is 1.00 bits per heavy atom. The molecule has 0 amide bonds. The Hall–Kier alpha value is -3.54. The van der Waals surface area contributed by atoms with Crippen LogP contribution in [0.25, 0.3) is 17.1 Å². The van der Waals surface area contributed by atoms with Crippen molar-refractivity contribution in [3.8, 4) is 17.1 Å². The van der Waals surface area contributed by atoms with E-state index in [9.17, 15) is 26.0 Å². The third-order valence-electron chi connectivity index (χ3n) is 4.24. The summed E-state index contributed by atoms with van der Waals surface area (Å²) in [6.07, 6.45) is -1.82. The van der Waals surface area contributed by atoms with Crippen molar-refractivity contribution < 1.29 is 30.5 Å². The largest absolute Gasteiger partial charge is 0.471 e. The van der Waals surface area contributed by atoms with Gasteiger partial charge in [-0.3, -0.25) is 0 Å². The fourth-order valence-electron chi connectivity index (χ4n) is 2.74. The molecular weight excluding hydrogens is 440 g/mol. The summed E-state index contributed by atoms with van der Waals surface area (Å²) >= 11 is 0. The predicted octanol–water partition coefficient (Wildman–Crippen LogP) is 4.05. The molecule has 0 saturated carbocycles. The number of hydrogen-bond donors (Lipinski definition) is 0. The van der Waals surface area contributed by atoms with Crippen LogP contribution in [-0.2, 0) is 21.8 Å². The maximum Gasteiger partial charge on any atom is 0.471 e. The molecule has 2 aromatic carbocycles. The molecule has 0 radical (unpaired) electrons. The summed E-state index contributed by atoms with van der Waals surface area (Å²) in [5.41, 5.74) is 1.16. The lowest BCUT2D eigenvalue weighted by molar-refractivity contribution is -0.159. The van der Waals surface area contributed by atoms with E-state index in [1.807, 2.05) is 0 Å². The van der Waals surface area contributed by atoms with Crippen molar-refractivity contribution in [2.24, 2.45) is 0 Å². The number of alkyl halides is 3. The minimum Gasteiger partial charge on any atom is -0.329 e. The van der Waals surface area contributed by atoms with Gasteiger partial charge in [0.25, 0.3) is 0 Å². The topological polar surface area (TPSA) is 90.9 Å². The molecule has 7 nitrogen and oxygen atoms in total. The van der Waals surface area contributed by atoms with Crippen LogP contribution in [0, 0.1) is 5.82 Å². The van der Waals surface area contributed by atoms with Crippen molar-refractivity contribution in [3.63, 3.8) is 0 Å². The molecule has 0 unspecified atom stereocenters. The van der Waals surface area contributed by atoms with Gasteiger partial charge in [0.15, 0.2) is 9.84 Å². The van der Waals surface area contributed by atoms with Crippen LogP contribution >= 0.6 is 0 Å². The van der Waals surface area contributed by atoms with Crippen molar-refractivity contribution in [1.82, 2.24) is 19.7 Å². The highest BCUT2D eigenvalue weighted by atomic mass is 32.2. The summed E-state index contributed by atoms with van der Waals surface area (Å²) in [6, 6.07) is 10.6. The van der Waals surface area contributed by atoms with E-state index in [4.69, 9.17) is 0 Å². The van der Waals surface area contributed by atoms with Gasteiger partial charge in [-0.05, 0) is 48.5 Å². The maximum absolute atomic E-state index is 13.0. The molecule has 0 N–H and O–H groups in total. The number of benzene rings is 2. The number of sulfone groups is 1. The molecule has 0 spiro atoms. The fourth-order valence-corrected chi connectivity index (χ4v) is 3.99. The average Bonchev–Trinajstić information content (AvgIpc) is 3.38. The molecule has 0 fully saturated rings. The van der Waals surface area contributed by atoms with Gasteiger partial charge < -0.3 is 9.09 Å². The normalized spacial score (nSPS) is 12.3. The summed E-state index contributed by atoms with van der Waals surface area (Å²) in [5.74, 6) is -2.57. The lowest BCUT2D eigenvalue weighted by Crippen LogP contribution is -2.05. The Balaban J connectivity index is 1.51. The molecule has 0 aliphatic heterocycles.